The van der Waals surface area contributed by atoms with Gasteiger partial charge in [-0.3, -0.25) is 4.79 Å². The molecule has 0 fully saturated rings. The lowest BCUT2D eigenvalue weighted by Crippen LogP contribution is -2.41. The van der Waals surface area contributed by atoms with Crippen LogP contribution in [0.1, 0.15) is 32.4 Å². The van der Waals surface area contributed by atoms with Crippen LogP contribution in [-0.4, -0.2) is 11.9 Å². The maximum Gasteiger partial charge on any atom is 0.237 e. The Kier molecular flexibility index (Phi) is 4.97. The molecule has 2 atom stereocenters. The van der Waals surface area contributed by atoms with Crippen LogP contribution in [-0.2, 0) is 4.79 Å². The van der Waals surface area contributed by atoms with Gasteiger partial charge in [-0.2, -0.15) is 0 Å². The van der Waals surface area contributed by atoms with Gasteiger partial charge in [0, 0.05) is 5.02 Å². The van der Waals surface area contributed by atoms with Gasteiger partial charge in [0.25, 0.3) is 0 Å². The third kappa shape index (κ3) is 3.72. The number of nitrogens with one attached hydrogen (secondary N) is 1. The molecular formula is C13H19ClN2O. The largest absolute Gasteiger partial charge is 0.348 e. The van der Waals surface area contributed by atoms with E-state index in [4.69, 9.17) is 17.3 Å². The lowest BCUT2D eigenvalue weighted by Gasteiger charge is -2.24. The van der Waals surface area contributed by atoms with Gasteiger partial charge in [-0.05, 0) is 24.5 Å². The van der Waals surface area contributed by atoms with Crippen LogP contribution in [0.4, 0.5) is 0 Å². The first kappa shape index (κ1) is 14.0. The van der Waals surface area contributed by atoms with E-state index in [9.17, 15) is 4.79 Å². The van der Waals surface area contributed by atoms with Crippen LogP contribution in [0.25, 0.3) is 0 Å². The first-order valence-corrected chi connectivity index (χ1v) is 6.11. The van der Waals surface area contributed by atoms with Crippen molar-refractivity contribution >= 4 is 17.5 Å². The molecule has 0 spiro atoms. The van der Waals surface area contributed by atoms with Crippen LogP contribution in [0.5, 0.6) is 0 Å². The summed E-state index contributed by atoms with van der Waals surface area (Å²) in [6.07, 6.45) is 0. The van der Waals surface area contributed by atoms with Crippen molar-refractivity contribution in [3.05, 3.63) is 34.9 Å². The summed E-state index contributed by atoms with van der Waals surface area (Å²) in [5, 5.41) is 3.59. The van der Waals surface area contributed by atoms with E-state index >= 15 is 0 Å². The minimum Gasteiger partial charge on any atom is -0.348 e. The van der Waals surface area contributed by atoms with Crippen LogP contribution >= 0.6 is 11.6 Å². The van der Waals surface area contributed by atoms with E-state index in [2.05, 4.69) is 5.32 Å². The smallest absolute Gasteiger partial charge is 0.237 e. The minimum absolute atomic E-state index is 0.109. The zero-order valence-electron chi connectivity index (χ0n) is 10.4. The van der Waals surface area contributed by atoms with E-state index in [0.29, 0.717) is 5.02 Å². The SMILES string of the molecule is CC(C)C(NC(=O)[C@@H](C)N)c1ccccc1Cl. The fraction of sp³-hybridized carbons (Fsp3) is 0.462. The van der Waals surface area contributed by atoms with Gasteiger partial charge in [-0.1, -0.05) is 43.6 Å². The number of nitrogens with two attached hydrogens (primary N) is 1. The molecule has 0 aromatic heterocycles. The fourth-order valence-electron chi connectivity index (χ4n) is 1.62. The minimum atomic E-state index is -0.515. The number of amides is 1. The summed E-state index contributed by atoms with van der Waals surface area (Å²) in [4.78, 5) is 11.7. The predicted molar refractivity (Wildman–Crippen MR) is 70.8 cm³/mol. The second kappa shape index (κ2) is 6.03. The fourth-order valence-corrected chi connectivity index (χ4v) is 1.87. The molecule has 94 valence electrons. The number of carbonyl (C=O) groups excluding carboxylic acids is 1. The van der Waals surface area contributed by atoms with E-state index in [-0.39, 0.29) is 17.9 Å². The highest BCUT2D eigenvalue weighted by molar-refractivity contribution is 6.31. The molecule has 1 aromatic carbocycles. The summed E-state index contributed by atoms with van der Waals surface area (Å²) >= 11 is 6.14. The highest BCUT2D eigenvalue weighted by atomic mass is 35.5. The van der Waals surface area contributed by atoms with E-state index in [1.165, 1.54) is 0 Å². The summed E-state index contributed by atoms with van der Waals surface area (Å²) in [6, 6.07) is 6.91. The molecule has 1 rings (SSSR count). The van der Waals surface area contributed by atoms with E-state index < -0.39 is 6.04 Å². The average molecular weight is 255 g/mol. The van der Waals surface area contributed by atoms with Crippen molar-refractivity contribution in [2.45, 2.75) is 32.9 Å². The van der Waals surface area contributed by atoms with E-state index in [0.717, 1.165) is 5.56 Å². The Morgan fingerprint density at radius 3 is 2.35 bits per heavy atom. The lowest BCUT2D eigenvalue weighted by atomic mass is 9.95. The standard InChI is InChI=1S/C13H19ClN2O/c1-8(2)12(16-13(17)9(3)15)10-6-4-5-7-11(10)14/h4-9,12H,15H2,1-3H3,(H,16,17)/t9-,12?/m1/s1. The first-order chi connectivity index (χ1) is 7.93. The van der Waals surface area contributed by atoms with Gasteiger partial charge in [-0.15, -0.1) is 0 Å². The summed E-state index contributed by atoms with van der Waals surface area (Å²) < 4.78 is 0. The van der Waals surface area contributed by atoms with Crippen molar-refractivity contribution in [2.75, 3.05) is 0 Å². The summed E-state index contributed by atoms with van der Waals surface area (Å²) in [5.41, 5.74) is 6.48. The van der Waals surface area contributed by atoms with Crippen molar-refractivity contribution in [2.24, 2.45) is 11.7 Å². The first-order valence-electron chi connectivity index (χ1n) is 5.74. The Labute approximate surface area is 107 Å². The van der Waals surface area contributed by atoms with Crippen LogP contribution in [0.2, 0.25) is 5.02 Å². The summed E-state index contributed by atoms with van der Waals surface area (Å²) in [5.74, 6) is 0.0845. The third-order valence-corrected chi connectivity index (χ3v) is 2.96. The molecule has 0 heterocycles. The van der Waals surface area contributed by atoms with Crippen LogP contribution in [0, 0.1) is 5.92 Å². The molecule has 0 aliphatic carbocycles. The third-order valence-electron chi connectivity index (χ3n) is 2.62. The zero-order chi connectivity index (χ0) is 13.0. The van der Waals surface area contributed by atoms with Gasteiger partial charge in [0.15, 0.2) is 0 Å². The highest BCUT2D eigenvalue weighted by Gasteiger charge is 2.21. The van der Waals surface area contributed by atoms with Gasteiger partial charge in [0.1, 0.15) is 0 Å². The summed E-state index contributed by atoms with van der Waals surface area (Å²) in [7, 11) is 0. The van der Waals surface area contributed by atoms with Crippen molar-refractivity contribution < 1.29 is 4.79 Å². The van der Waals surface area contributed by atoms with Gasteiger partial charge in [-0.25, -0.2) is 0 Å². The number of benzene rings is 1. The zero-order valence-corrected chi connectivity index (χ0v) is 11.2. The van der Waals surface area contributed by atoms with Crippen LogP contribution < -0.4 is 11.1 Å². The molecule has 4 heteroatoms. The molecule has 3 N–H and O–H groups in total. The molecule has 0 aliphatic heterocycles. The molecular weight excluding hydrogens is 236 g/mol. The Balaban J connectivity index is 2.95. The average Bonchev–Trinajstić information content (AvgIpc) is 2.26. The Hall–Kier alpha value is -1.06. The Morgan fingerprint density at radius 1 is 1.29 bits per heavy atom. The van der Waals surface area contributed by atoms with Gasteiger partial charge in [0.2, 0.25) is 5.91 Å². The number of carbonyl (C=O) groups is 1. The number of rotatable bonds is 4. The molecule has 0 saturated heterocycles. The second-order valence-corrected chi connectivity index (χ2v) is 4.95. The monoisotopic (exact) mass is 254 g/mol. The van der Waals surface area contributed by atoms with Gasteiger partial charge < -0.3 is 11.1 Å². The van der Waals surface area contributed by atoms with Crippen LogP contribution in [0.15, 0.2) is 24.3 Å². The second-order valence-electron chi connectivity index (χ2n) is 4.54. The molecule has 17 heavy (non-hydrogen) atoms. The van der Waals surface area contributed by atoms with Gasteiger partial charge in [0.05, 0.1) is 12.1 Å². The molecule has 3 nitrogen and oxygen atoms in total. The topological polar surface area (TPSA) is 55.1 Å². The van der Waals surface area contributed by atoms with Crippen LogP contribution in [0.3, 0.4) is 0 Å². The Morgan fingerprint density at radius 2 is 1.88 bits per heavy atom. The molecule has 1 aromatic rings. The van der Waals surface area contributed by atoms with Crippen molar-refractivity contribution in [3.8, 4) is 0 Å². The molecule has 0 bridgehead atoms. The van der Waals surface area contributed by atoms with Crippen molar-refractivity contribution in [1.29, 1.82) is 0 Å². The number of halogens is 1. The molecule has 0 saturated carbocycles. The van der Waals surface area contributed by atoms with Gasteiger partial charge >= 0.3 is 0 Å². The normalized spacial score (nSPS) is 14.5. The molecule has 0 radical (unpaired) electrons. The van der Waals surface area contributed by atoms with E-state index in [1.807, 2.05) is 38.1 Å². The lowest BCUT2D eigenvalue weighted by molar-refractivity contribution is -0.123. The maximum atomic E-state index is 11.7. The predicted octanol–water partition coefficient (Wildman–Crippen LogP) is 2.50. The highest BCUT2D eigenvalue weighted by Crippen LogP contribution is 2.27. The maximum absolute atomic E-state index is 11.7. The summed E-state index contributed by atoms with van der Waals surface area (Å²) in [6.45, 7) is 5.74. The van der Waals surface area contributed by atoms with E-state index in [1.54, 1.807) is 6.92 Å². The number of hydrogen-bond acceptors (Lipinski definition) is 2. The molecule has 1 unspecified atom stereocenters. The molecule has 0 aliphatic rings. The Bertz CT molecular complexity index is 391. The van der Waals surface area contributed by atoms with Crippen molar-refractivity contribution in [1.82, 2.24) is 5.32 Å². The quantitative estimate of drug-likeness (QED) is 0.868. The number of hydrogen-bond donors (Lipinski definition) is 2. The molecule has 1 amide bonds. The van der Waals surface area contributed by atoms with Crippen molar-refractivity contribution in [3.63, 3.8) is 0 Å².